The number of carbonyl (C=O) groups is 1. The highest BCUT2D eigenvalue weighted by molar-refractivity contribution is 7.90. The number of ether oxygens (including phenoxy) is 1. The van der Waals surface area contributed by atoms with Gasteiger partial charge in [0, 0.05) is 37.6 Å². The van der Waals surface area contributed by atoms with E-state index in [1.807, 2.05) is 18.2 Å². The second-order valence-electron chi connectivity index (χ2n) is 10.5. The third kappa shape index (κ3) is 6.71. The molecule has 1 amide bonds. The molecule has 3 aliphatic heterocycles. The van der Waals surface area contributed by atoms with Crippen LogP contribution in [0.25, 0.3) is 0 Å². The highest BCUT2D eigenvalue weighted by atomic mass is 35.5. The van der Waals surface area contributed by atoms with Crippen LogP contribution in [0.5, 0.6) is 5.75 Å². The van der Waals surface area contributed by atoms with Crippen molar-refractivity contribution in [1.29, 1.82) is 0 Å². The van der Waals surface area contributed by atoms with E-state index in [1.165, 1.54) is 11.6 Å². The van der Waals surface area contributed by atoms with Crippen molar-refractivity contribution in [3.8, 4) is 5.75 Å². The molecule has 38 heavy (non-hydrogen) atoms. The summed E-state index contributed by atoms with van der Waals surface area (Å²) in [6.07, 6.45) is 9.77. The van der Waals surface area contributed by atoms with Crippen LogP contribution in [0, 0.1) is 5.92 Å². The molecule has 1 N–H and O–H groups in total. The van der Waals surface area contributed by atoms with E-state index in [2.05, 4.69) is 26.7 Å². The molecule has 2 unspecified atom stereocenters. The minimum absolute atomic E-state index is 0.0810. The highest BCUT2D eigenvalue weighted by Crippen LogP contribution is 2.35. The van der Waals surface area contributed by atoms with Crippen molar-refractivity contribution in [2.45, 2.75) is 56.4 Å². The van der Waals surface area contributed by atoms with Gasteiger partial charge in [0.25, 0.3) is 10.0 Å². The SMILES string of the molecule is O=C1CCC/C=C/CN2CCC(C2)CN2CCCCc3cc(Cl)ccc3COc3ccc(cc32)S(=O)(=O)N1. The minimum Gasteiger partial charge on any atom is -0.487 e. The van der Waals surface area contributed by atoms with E-state index in [-0.39, 0.29) is 11.3 Å². The average molecular weight is 558 g/mol. The van der Waals surface area contributed by atoms with E-state index >= 15 is 0 Å². The smallest absolute Gasteiger partial charge is 0.264 e. The largest absolute Gasteiger partial charge is 0.487 e. The summed E-state index contributed by atoms with van der Waals surface area (Å²) in [5, 5.41) is 0.720. The van der Waals surface area contributed by atoms with Crippen molar-refractivity contribution in [3.63, 3.8) is 0 Å². The summed E-state index contributed by atoms with van der Waals surface area (Å²) in [4.78, 5) is 17.3. The van der Waals surface area contributed by atoms with Crippen LogP contribution in [0.3, 0.4) is 0 Å². The molecule has 0 radical (unpaired) electrons. The van der Waals surface area contributed by atoms with Crippen LogP contribution in [0.2, 0.25) is 5.02 Å². The predicted molar refractivity (Wildman–Crippen MR) is 150 cm³/mol. The van der Waals surface area contributed by atoms with E-state index in [1.54, 1.807) is 12.1 Å². The number of carbonyl (C=O) groups excluding carboxylic acids is 1. The number of hydrogen-bond acceptors (Lipinski definition) is 6. The molecule has 1 saturated heterocycles. The van der Waals surface area contributed by atoms with Crippen LogP contribution in [0.15, 0.2) is 53.4 Å². The Kier molecular flexibility index (Phi) is 8.61. The maximum absolute atomic E-state index is 13.2. The zero-order valence-corrected chi connectivity index (χ0v) is 23.3. The lowest BCUT2D eigenvalue weighted by molar-refractivity contribution is -0.119. The fraction of sp³-hybridized carbons (Fsp3) is 0.483. The first-order valence-corrected chi connectivity index (χ1v) is 15.5. The lowest BCUT2D eigenvalue weighted by Gasteiger charge is -2.30. The number of allylic oxidation sites excluding steroid dienone is 1. The molecule has 9 heteroatoms. The summed E-state index contributed by atoms with van der Waals surface area (Å²) >= 11 is 6.29. The summed E-state index contributed by atoms with van der Waals surface area (Å²) in [5.74, 6) is 0.646. The second kappa shape index (κ2) is 12.1. The molecule has 204 valence electrons. The molecular weight excluding hydrogens is 522 g/mol. The van der Waals surface area contributed by atoms with Crippen molar-refractivity contribution in [3.05, 3.63) is 64.7 Å². The number of sulfonamides is 1. The molecule has 0 aliphatic carbocycles. The summed E-state index contributed by atoms with van der Waals surface area (Å²) < 4.78 is 35.0. The molecule has 2 atom stereocenters. The fourth-order valence-corrected chi connectivity index (χ4v) is 6.83. The minimum atomic E-state index is -4.00. The number of aryl methyl sites for hydroxylation is 1. The quantitative estimate of drug-likeness (QED) is 0.463. The number of nitrogens with zero attached hydrogens (tertiary/aromatic N) is 2. The highest BCUT2D eigenvalue weighted by Gasteiger charge is 2.27. The number of fused-ring (bicyclic) bond motifs is 4. The zero-order chi connectivity index (χ0) is 26.5. The maximum Gasteiger partial charge on any atom is 0.264 e. The van der Waals surface area contributed by atoms with E-state index in [0.717, 1.165) is 81.1 Å². The monoisotopic (exact) mass is 557 g/mol. The molecule has 5 rings (SSSR count). The number of benzene rings is 2. The van der Waals surface area contributed by atoms with Crippen LogP contribution in [0.4, 0.5) is 5.69 Å². The van der Waals surface area contributed by atoms with E-state index in [4.69, 9.17) is 16.3 Å². The molecule has 7 nitrogen and oxygen atoms in total. The Morgan fingerprint density at radius 2 is 1.84 bits per heavy atom. The van der Waals surface area contributed by atoms with Gasteiger partial charge in [-0.2, -0.15) is 0 Å². The van der Waals surface area contributed by atoms with Gasteiger partial charge < -0.3 is 9.64 Å². The van der Waals surface area contributed by atoms with Crippen LogP contribution in [-0.4, -0.2) is 51.9 Å². The summed E-state index contributed by atoms with van der Waals surface area (Å²) in [6.45, 7) is 4.96. The van der Waals surface area contributed by atoms with Gasteiger partial charge in [-0.1, -0.05) is 29.8 Å². The van der Waals surface area contributed by atoms with Crippen molar-refractivity contribution in [2.24, 2.45) is 5.92 Å². The Hall–Kier alpha value is -2.55. The first kappa shape index (κ1) is 27.0. The number of hydrogen-bond donors (Lipinski definition) is 1. The molecule has 0 spiro atoms. The molecule has 0 aromatic heterocycles. The number of halogens is 1. The van der Waals surface area contributed by atoms with E-state index in [9.17, 15) is 13.2 Å². The molecule has 3 aliphatic rings. The topological polar surface area (TPSA) is 79.0 Å². The normalized spacial score (nSPS) is 25.2. The van der Waals surface area contributed by atoms with Gasteiger partial charge in [0.1, 0.15) is 12.4 Å². The Labute approximate surface area is 230 Å². The lowest BCUT2D eigenvalue weighted by atomic mass is 10.0. The van der Waals surface area contributed by atoms with Gasteiger partial charge in [0.15, 0.2) is 0 Å². The Bertz CT molecular complexity index is 1300. The Morgan fingerprint density at radius 1 is 0.947 bits per heavy atom. The Morgan fingerprint density at radius 3 is 2.74 bits per heavy atom. The zero-order valence-electron chi connectivity index (χ0n) is 21.7. The Balaban J connectivity index is 1.51. The van der Waals surface area contributed by atoms with E-state index in [0.29, 0.717) is 24.7 Å². The van der Waals surface area contributed by atoms with Gasteiger partial charge in [-0.3, -0.25) is 9.69 Å². The van der Waals surface area contributed by atoms with E-state index < -0.39 is 15.9 Å². The fourth-order valence-electron chi connectivity index (χ4n) is 5.61. The van der Waals surface area contributed by atoms with Gasteiger partial charge in [-0.25, -0.2) is 13.1 Å². The number of amides is 1. The van der Waals surface area contributed by atoms with Crippen LogP contribution >= 0.6 is 11.6 Å². The third-order valence-electron chi connectivity index (χ3n) is 7.66. The van der Waals surface area contributed by atoms with Gasteiger partial charge >= 0.3 is 0 Å². The molecular formula is C29H36ClN3O4S. The van der Waals surface area contributed by atoms with Gasteiger partial charge in [0.05, 0.1) is 10.6 Å². The number of anilines is 1. The first-order valence-electron chi connectivity index (χ1n) is 13.6. The summed E-state index contributed by atoms with van der Waals surface area (Å²) in [6, 6.07) is 10.9. The van der Waals surface area contributed by atoms with Crippen molar-refractivity contribution in [1.82, 2.24) is 9.62 Å². The molecule has 0 saturated carbocycles. The number of nitrogens with one attached hydrogen (secondary N) is 1. The van der Waals surface area contributed by atoms with Crippen molar-refractivity contribution < 1.29 is 17.9 Å². The van der Waals surface area contributed by atoms with Gasteiger partial charge in [-0.15, -0.1) is 0 Å². The van der Waals surface area contributed by atoms with Crippen LogP contribution in [-0.2, 0) is 27.8 Å². The molecule has 3 heterocycles. The third-order valence-corrected chi connectivity index (χ3v) is 9.26. The average Bonchev–Trinajstić information content (AvgIpc) is 3.32. The lowest BCUT2D eigenvalue weighted by Crippen LogP contribution is -2.33. The van der Waals surface area contributed by atoms with Gasteiger partial charge in [-0.05, 0) is 92.4 Å². The van der Waals surface area contributed by atoms with Crippen LogP contribution in [0.1, 0.15) is 49.7 Å². The second-order valence-corrected chi connectivity index (χ2v) is 12.7. The molecule has 4 bridgehead atoms. The summed E-state index contributed by atoms with van der Waals surface area (Å²) in [5.41, 5.74) is 3.04. The number of rotatable bonds is 0. The molecule has 2 aromatic carbocycles. The standard InChI is InChI=1S/C29H36ClN3O4S/c30-25-10-9-24-21-37-28-12-11-26-18-27(28)33(15-6-4-7-23(24)17-25)20-22-13-16-32(19-22)14-5-2-1-3-8-29(34)31-38(26,35)36/h2,5,9-12,17-18,22H,1,3-4,6-8,13-16,19-21H2,(H,31,34)/b5-2+. The van der Waals surface area contributed by atoms with Crippen molar-refractivity contribution in [2.75, 3.05) is 37.6 Å². The maximum atomic E-state index is 13.2. The van der Waals surface area contributed by atoms with Crippen LogP contribution < -0.4 is 14.4 Å². The molecule has 2 aromatic rings. The molecule has 1 fully saturated rings. The first-order chi connectivity index (χ1) is 18.4. The van der Waals surface area contributed by atoms with Gasteiger partial charge in [0.2, 0.25) is 5.91 Å². The van der Waals surface area contributed by atoms with Crippen molar-refractivity contribution >= 4 is 33.2 Å². The summed E-state index contributed by atoms with van der Waals surface area (Å²) in [7, 11) is -4.00. The predicted octanol–water partition coefficient (Wildman–Crippen LogP) is 4.93.